The number of morpholine rings is 1. The highest BCUT2D eigenvalue weighted by Crippen LogP contribution is 2.26. The minimum Gasteiger partial charge on any atom is -0.379 e. The number of thiocarbonyl (C=S) groups is 1. The second kappa shape index (κ2) is 9.51. The van der Waals surface area contributed by atoms with Crippen molar-refractivity contribution in [1.82, 2.24) is 10.2 Å². The van der Waals surface area contributed by atoms with Gasteiger partial charge in [-0.15, -0.1) is 0 Å². The van der Waals surface area contributed by atoms with Gasteiger partial charge >= 0.3 is 0 Å². The minimum atomic E-state index is 0.131. The molecule has 0 spiro atoms. The molecule has 2 aromatic rings. The largest absolute Gasteiger partial charge is 0.379 e. The van der Waals surface area contributed by atoms with E-state index in [1.807, 2.05) is 31.2 Å². The Hall–Kier alpha value is -1.66. The number of nitrogens with zero attached hydrogens (tertiary/aromatic N) is 1. The fraction of sp³-hybridized carbons (Fsp3) is 0.381. The van der Waals surface area contributed by atoms with Crippen LogP contribution in [0.25, 0.3) is 0 Å². The molecule has 144 valence electrons. The lowest BCUT2D eigenvalue weighted by atomic mass is 9.98. The van der Waals surface area contributed by atoms with Crippen LogP contribution in [0.15, 0.2) is 48.5 Å². The van der Waals surface area contributed by atoms with Gasteiger partial charge < -0.3 is 15.4 Å². The van der Waals surface area contributed by atoms with Crippen LogP contribution in [0, 0.1) is 6.92 Å². The van der Waals surface area contributed by atoms with Crippen LogP contribution in [-0.4, -0.2) is 42.4 Å². The zero-order valence-electron chi connectivity index (χ0n) is 15.7. The molecular weight excluding hydrogens is 378 g/mol. The van der Waals surface area contributed by atoms with E-state index >= 15 is 0 Å². The smallest absolute Gasteiger partial charge is 0.171 e. The van der Waals surface area contributed by atoms with Gasteiger partial charge in [0, 0.05) is 29.8 Å². The van der Waals surface area contributed by atoms with Crippen molar-refractivity contribution in [3.05, 3.63) is 64.7 Å². The number of aryl methyl sites for hydroxylation is 1. The molecule has 0 saturated carbocycles. The van der Waals surface area contributed by atoms with Gasteiger partial charge in [-0.1, -0.05) is 48.0 Å². The molecule has 0 bridgehead atoms. The van der Waals surface area contributed by atoms with E-state index in [1.54, 1.807) is 0 Å². The lowest BCUT2D eigenvalue weighted by Crippen LogP contribution is -2.49. The summed E-state index contributed by atoms with van der Waals surface area (Å²) in [6.07, 6.45) is 0. The Bertz CT molecular complexity index is 765. The van der Waals surface area contributed by atoms with Gasteiger partial charge in [0.1, 0.15) is 0 Å². The summed E-state index contributed by atoms with van der Waals surface area (Å²) in [6, 6.07) is 16.8. The maximum atomic E-state index is 6.21. The Labute approximate surface area is 171 Å². The van der Waals surface area contributed by atoms with Crippen molar-refractivity contribution < 1.29 is 4.74 Å². The third kappa shape index (κ3) is 5.42. The molecule has 2 N–H and O–H groups in total. The lowest BCUT2D eigenvalue weighted by molar-refractivity contribution is 0.0102. The highest BCUT2D eigenvalue weighted by atomic mass is 35.5. The van der Waals surface area contributed by atoms with Crippen LogP contribution in [0.3, 0.4) is 0 Å². The van der Waals surface area contributed by atoms with Crippen LogP contribution >= 0.6 is 23.8 Å². The van der Waals surface area contributed by atoms with Gasteiger partial charge in [0.05, 0.1) is 19.3 Å². The first-order chi connectivity index (χ1) is 13.0. The summed E-state index contributed by atoms with van der Waals surface area (Å²) in [5, 5.41) is 8.02. The van der Waals surface area contributed by atoms with Gasteiger partial charge in [-0.2, -0.15) is 0 Å². The summed E-state index contributed by atoms with van der Waals surface area (Å²) in [4.78, 5) is 2.46. The van der Waals surface area contributed by atoms with Crippen molar-refractivity contribution >= 4 is 34.6 Å². The molecule has 0 aromatic heterocycles. The number of hydrogen-bond donors (Lipinski definition) is 2. The van der Waals surface area contributed by atoms with E-state index in [-0.39, 0.29) is 12.1 Å². The van der Waals surface area contributed by atoms with Crippen molar-refractivity contribution in [2.45, 2.75) is 25.9 Å². The van der Waals surface area contributed by atoms with Crippen molar-refractivity contribution in [3.8, 4) is 0 Å². The molecule has 2 aromatic carbocycles. The predicted molar refractivity (Wildman–Crippen MR) is 117 cm³/mol. The number of halogens is 1. The molecule has 3 rings (SSSR count). The molecule has 1 aliphatic heterocycles. The van der Waals surface area contributed by atoms with Gasteiger partial charge in [0.15, 0.2) is 5.11 Å². The number of rotatable bonds is 5. The highest BCUT2D eigenvalue weighted by molar-refractivity contribution is 7.80. The van der Waals surface area contributed by atoms with Gasteiger partial charge in [0.2, 0.25) is 0 Å². The standard InChI is InChI=1S/C21H26ClN3OS/c1-15-8-9-18(14-19(15)22)24-21(27)23-16(2)20(17-6-4-3-5-7-17)25-10-12-26-13-11-25/h3-9,14,16,20H,10-13H2,1-2H3,(H2,23,24,27)/t16-,20-/m1/s1. The van der Waals surface area contributed by atoms with E-state index < -0.39 is 0 Å². The third-order valence-electron chi connectivity index (χ3n) is 4.84. The van der Waals surface area contributed by atoms with Gasteiger partial charge in [0.25, 0.3) is 0 Å². The van der Waals surface area contributed by atoms with Crippen LogP contribution in [-0.2, 0) is 4.74 Å². The van der Waals surface area contributed by atoms with Crippen LogP contribution in [0.1, 0.15) is 24.1 Å². The molecule has 4 nitrogen and oxygen atoms in total. The average Bonchev–Trinajstić information content (AvgIpc) is 2.66. The van der Waals surface area contributed by atoms with Crippen LogP contribution in [0.5, 0.6) is 0 Å². The Balaban J connectivity index is 1.70. The van der Waals surface area contributed by atoms with E-state index in [1.165, 1.54) is 5.56 Å². The quantitative estimate of drug-likeness (QED) is 0.724. The number of ether oxygens (including phenoxy) is 1. The average molecular weight is 404 g/mol. The van der Waals surface area contributed by atoms with Gasteiger partial charge in [-0.05, 0) is 49.3 Å². The van der Waals surface area contributed by atoms with Crippen molar-refractivity contribution in [2.75, 3.05) is 31.6 Å². The fourth-order valence-electron chi connectivity index (χ4n) is 3.45. The van der Waals surface area contributed by atoms with E-state index in [0.717, 1.165) is 42.6 Å². The molecule has 0 radical (unpaired) electrons. The molecule has 6 heteroatoms. The number of benzene rings is 2. The molecule has 0 aliphatic carbocycles. The first-order valence-corrected chi connectivity index (χ1v) is 10.0. The summed E-state index contributed by atoms with van der Waals surface area (Å²) in [6.45, 7) is 7.51. The molecule has 1 heterocycles. The lowest BCUT2D eigenvalue weighted by Gasteiger charge is -2.38. The molecule has 1 aliphatic rings. The molecular formula is C21H26ClN3OS. The molecule has 2 atom stereocenters. The molecule has 0 unspecified atom stereocenters. The zero-order chi connectivity index (χ0) is 19.2. The maximum absolute atomic E-state index is 6.21. The highest BCUT2D eigenvalue weighted by Gasteiger charge is 2.28. The first kappa shape index (κ1) is 20.1. The summed E-state index contributed by atoms with van der Waals surface area (Å²) in [5.41, 5.74) is 3.21. The van der Waals surface area contributed by atoms with E-state index in [4.69, 9.17) is 28.6 Å². The SMILES string of the molecule is Cc1ccc(NC(=S)N[C@H](C)[C@H](c2ccccc2)N2CCOCC2)cc1Cl. The Kier molecular flexibility index (Phi) is 7.07. The molecule has 0 amide bonds. The molecule has 27 heavy (non-hydrogen) atoms. The van der Waals surface area contributed by atoms with Crippen molar-refractivity contribution in [1.29, 1.82) is 0 Å². The summed E-state index contributed by atoms with van der Waals surface area (Å²) in [7, 11) is 0. The topological polar surface area (TPSA) is 36.5 Å². The van der Waals surface area contributed by atoms with Gasteiger partial charge in [-0.3, -0.25) is 4.90 Å². The first-order valence-electron chi connectivity index (χ1n) is 9.25. The normalized spacial score (nSPS) is 17.1. The zero-order valence-corrected chi connectivity index (χ0v) is 17.3. The van der Waals surface area contributed by atoms with Gasteiger partial charge in [-0.25, -0.2) is 0 Å². The maximum Gasteiger partial charge on any atom is 0.171 e. The third-order valence-corrected chi connectivity index (χ3v) is 5.47. The summed E-state index contributed by atoms with van der Waals surface area (Å²) >= 11 is 11.8. The van der Waals surface area contributed by atoms with E-state index in [0.29, 0.717) is 5.11 Å². The number of hydrogen-bond acceptors (Lipinski definition) is 3. The monoisotopic (exact) mass is 403 g/mol. The Morgan fingerprint density at radius 1 is 1.15 bits per heavy atom. The van der Waals surface area contributed by atoms with Crippen LogP contribution in [0.2, 0.25) is 5.02 Å². The van der Waals surface area contributed by atoms with E-state index in [2.05, 4.69) is 46.7 Å². The Morgan fingerprint density at radius 3 is 2.52 bits per heavy atom. The van der Waals surface area contributed by atoms with Crippen molar-refractivity contribution in [2.24, 2.45) is 0 Å². The number of anilines is 1. The Morgan fingerprint density at radius 2 is 1.85 bits per heavy atom. The molecule has 1 saturated heterocycles. The second-order valence-corrected chi connectivity index (χ2v) is 7.67. The molecule has 1 fully saturated rings. The minimum absolute atomic E-state index is 0.131. The number of nitrogens with one attached hydrogen (secondary N) is 2. The summed E-state index contributed by atoms with van der Waals surface area (Å²) < 4.78 is 5.53. The fourth-order valence-corrected chi connectivity index (χ4v) is 3.93. The summed E-state index contributed by atoms with van der Waals surface area (Å²) in [5.74, 6) is 0. The van der Waals surface area contributed by atoms with E-state index in [9.17, 15) is 0 Å². The van der Waals surface area contributed by atoms with Crippen molar-refractivity contribution in [3.63, 3.8) is 0 Å². The van der Waals surface area contributed by atoms with Crippen LogP contribution < -0.4 is 10.6 Å². The predicted octanol–water partition coefficient (Wildman–Crippen LogP) is 4.40. The van der Waals surface area contributed by atoms with Crippen LogP contribution in [0.4, 0.5) is 5.69 Å². The second-order valence-electron chi connectivity index (χ2n) is 6.85.